The molecule has 38 heavy (non-hydrogen) atoms. The first-order chi connectivity index (χ1) is 17.8. The molecular formula is C30H41N3O5. The summed E-state index contributed by atoms with van der Waals surface area (Å²) in [6, 6.07) is 12.8. The summed E-state index contributed by atoms with van der Waals surface area (Å²) >= 11 is 0. The van der Waals surface area contributed by atoms with Crippen LogP contribution in [0.15, 0.2) is 48.5 Å². The minimum Gasteiger partial charge on any atom is -0.497 e. The Morgan fingerprint density at radius 3 is 2.13 bits per heavy atom. The number of rotatable bonds is 9. The number of alkyl carbamates (subject to hydrolysis) is 1. The fourth-order valence-electron chi connectivity index (χ4n) is 4.48. The van der Waals surface area contributed by atoms with Gasteiger partial charge in [0.15, 0.2) is 0 Å². The van der Waals surface area contributed by atoms with Crippen LogP contribution in [-0.4, -0.2) is 47.6 Å². The van der Waals surface area contributed by atoms with Gasteiger partial charge in [0.25, 0.3) is 5.91 Å². The molecule has 2 aromatic carbocycles. The number of benzene rings is 2. The summed E-state index contributed by atoms with van der Waals surface area (Å²) in [6.45, 7) is 13.1. The second-order valence-corrected chi connectivity index (χ2v) is 11.4. The first-order valence-corrected chi connectivity index (χ1v) is 13.1. The first-order valence-electron chi connectivity index (χ1n) is 13.1. The summed E-state index contributed by atoms with van der Waals surface area (Å²) in [5.74, 6) is 0.0485. The Labute approximate surface area is 226 Å². The number of carbonyl (C=O) groups is 3. The molecule has 0 spiro atoms. The fraction of sp³-hybridized carbons (Fsp3) is 0.500. The van der Waals surface area contributed by atoms with Crippen molar-refractivity contribution in [1.29, 1.82) is 0 Å². The second kappa shape index (κ2) is 11.9. The van der Waals surface area contributed by atoms with Crippen LogP contribution in [0, 0.1) is 18.8 Å². The van der Waals surface area contributed by atoms with Gasteiger partial charge in [0, 0.05) is 11.7 Å². The third kappa shape index (κ3) is 7.27. The maximum absolute atomic E-state index is 14.2. The van der Waals surface area contributed by atoms with Crippen molar-refractivity contribution in [3.63, 3.8) is 0 Å². The van der Waals surface area contributed by atoms with Gasteiger partial charge >= 0.3 is 6.09 Å². The maximum atomic E-state index is 14.2. The van der Waals surface area contributed by atoms with Crippen LogP contribution < -0.4 is 15.4 Å². The monoisotopic (exact) mass is 523 g/mol. The topological polar surface area (TPSA) is 97.0 Å². The molecule has 8 nitrogen and oxygen atoms in total. The molecule has 1 aliphatic rings. The Bertz CT molecular complexity index is 1140. The minimum atomic E-state index is -0.887. The normalized spacial score (nSPS) is 18.2. The van der Waals surface area contributed by atoms with E-state index in [-0.39, 0.29) is 29.7 Å². The van der Waals surface area contributed by atoms with Crippen molar-refractivity contribution in [2.75, 3.05) is 12.4 Å². The van der Waals surface area contributed by atoms with E-state index in [2.05, 4.69) is 17.6 Å². The summed E-state index contributed by atoms with van der Waals surface area (Å²) in [5.41, 5.74) is 1.53. The van der Waals surface area contributed by atoms with Crippen LogP contribution in [0.4, 0.5) is 10.5 Å². The standard InChI is InChI=1S/C30H41N3O5/c1-18(2)25(32-29(36)38-30(5,6)7)28(35)33(24-17-20(24)4)26(23-12-10-9-11-19(23)3)27(34)31-21-13-15-22(37-8)16-14-21/h9-16,18,20,24-26H,17H2,1-8H3,(H,31,34)(H,32,36). The molecule has 0 heterocycles. The summed E-state index contributed by atoms with van der Waals surface area (Å²) in [7, 11) is 1.58. The Hall–Kier alpha value is -3.55. The third-order valence-electron chi connectivity index (χ3n) is 6.65. The van der Waals surface area contributed by atoms with Crippen molar-refractivity contribution in [2.24, 2.45) is 11.8 Å². The van der Waals surface area contributed by atoms with Crippen molar-refractivity contribution >= 4 is 23.6 Å². The van der Waals surface area contributed by atoms with E-state index in [4.69, 9.17) is 9.47 Å². The van der Waals surface area contributed by atoms with E-state index in [0.29, 0.717) is 11.4 Å². The van der Waals surface area contributed by atoms with E-state index in [9.17, 15) is 14.4 Å². The van der Waals surface area contributed by atoms with Crippen molar-refractivity contribution in [2.45, 2.75) is 78.6 Å². The number of amides is 3. The molecule has 3 rings (SSSR count). The van der Waals surface area contributed by atoms with Gasteiger partial charge in [0.05, 0.1) is 7.11 Å². The number of methoxy groups -OCH3 is 1. The van der Waals surface area contributed by atoms with Crippen LogP contribution in [-0.2, 0) is 14.3 Å². The molecule has 8 heteroatoms. The summed E-state index contributed by atoms with van der Waals surface area (Å²) in [6.07, 6.45) is 0.116. The van der Waals surface area contributed by atoms with E-state index in [1.165, 1.54) is 0 Å². The molecular weight excluding hydrogens is 482 g/mol. The minimum absolute atomic E-state index is 0.129. The van der Waals surface area contributed by atoms with E-state index >= 15 is 0 Å². The molecule has 1 aliphatic carbocycles. The molecule has 2 aromatic rings. The molecule has 4 unspecified atom stereocenters. The molecule has 0 aliphatic heterocycles. The average molecular weight is 524 g/mol. The van der Waals surface area contributed by atoms with Crippen molar-refractivity contribution in [3.8, 4) is 5.75 Å². The Kier molecular flexibility index (Phi) is 9.07. The van der Waals surface area contributed by atoms with Crippen molar-refractivity contribution in [3.05, 3.63) is 59.7 Å². The number of carbonyl (C=O) groups excluding carboxylic acids is 3. The molecule has 0 aromatic heterocycles. The highest BCUT2D eigenvalue weighted by atomic mass is 16.6. The predicted molar refractivity (Wildman–Crippen MR) is 148 cm³/mol. The van der Waals surface area contributed by atoms with Gasteiger partial charge in [0.1, 0.15) is 23.4 Å². The van der Waals surface area contributed by atoms with Crippen LogP contribution in [0.2, 0.25) is 0 Å². The fourth-order valence-corrected chi connectivity index (χ4v) is 4.48. The first kappa shape index (κ1) is 29.0. The quantitative estimate of drug-likeness (QED) is 0.454. The van der Waals surface area contributed by atoms with E-state index in [1.807, 2.05) is 45.0 Å². The predicted octanol–water partition coefficient (Wildman–Crippen LogP) is 5.47. The van der Waals surface area contributed by atoms with E-state index in [1.54, 1.807) is 57.0 Å². The molecule has 1 saturated carbocycles. The average Bonchev–Trinajstić information content (AvgIpc) is 3.56. The number of hydrogen-bond donors (Lipinski definition) is 2. The van der Waals surface area contributed by atoms with E-state index in [0.717, 1.165) is 17.5 Å². The van der Waals surface area contributed by atoms with Gasteiger partial charge < -0.3 is 25.0 Å². The molecule has 206 valence electrons. The van der Waals surface area contributed by atoms with Crippen LogP contribution in [0.25, 0.3) is 0 Å². The smallest absolute Gasteiger partial charge is 0.408 e. The Balaban J connectivity index is 2.01. The van der Waals surface area contributed by atoms with Gasteiger partial charge in [-0.2, -0.15) is 0 Å². The van der Waals surface area contributed by atoms with Gasteiger partial charge in [-0.1, -0.05) is 45.0 Å². The number of hydrogen-bond acceptors (Lipinski definition) is 5. The maximum Gasteiger partial charge on any atom is 0.408 e. The lowest BCUT2D eigenvalue weighted by Gasteiger charge is -2.36. The van der Waals surface area contributed by atoms with Gasteiger partial charge in [-0.25, -0.2) is 4.79 Å². The lowest BCUT2D eigenvalue weighted by atomic mass is 9.95. The van der Waals surface area contributed by atoms with Crippen molar-refractivity contribution in [1.82, 2.24) is 10.2 Å². The van der Waals surface area contributed by atoms with Crippen LogP contribution in [0.1, 0.15) is 65.1 Å². The highest BCUT2D eigenvalue weighted by Gasteiger charge is 2.49. The van der Waals surface area contributed by atoms with Gasteiger partial charge in [-0.15, -0.1) is 0 Å². The zero-order valence-electron chi connectivity index (χ0n) is 23.7. The molecule has 1 fully saturated rings. The van der Waals surface area contributed by atoms with Gasteiger partial charge in [-0.05, 0) is 81.3 Å². The number of ether oxygens (including phenoxy) is 2. The zero-order chi connectivity index (χ0) is 28.2. The summed E-state index contributed by atoms with van der Waals surface area (Å²) in [5, 5.41) is 5.77. The lowest BCUT2D eigenvalue weighted by molar-refractivity contribution is -0.142. The second-order valence-electron chi connectivity index (χ2n) is 11.4. The Morgan fingerprint density at radius 2 is 1.63 bits per heavy atom. The van der Waals surface area contributed by atoms with Crippen LogP contribution >= 0.6 is 0 Å². The number of anilines is 1. The molecule has 2 N–H and O–H groups in total. The number of nitrogens with one attached hydrogen (secondary N) is 2. The molecule has 4 atom stereocenters. The molecule has 0 saturated heterocycles. The van der Waals surface area contributed by atoms with E-state index < -0.39 is 23.8 Å². The molecule has 3 amide bonds. The highest BCUT2D eigenvalue weighted by molar-refractivity contribution is 5.99. The largest absolute Gasteiger partial charge is 0.497 e. The van der Waals surface area contributed by atoms with Crippen LogP contribution in [0.5, 0.6) is 5.75 Å². The van der Waals surface area contributed by atoms with Gasteiger partial charge in [-0.3, -0.25) is 9.59 Å². The number of nitrogens with zero attached hydrogens (tertiary/aromatic N) is 1. The highest BCUT2D eigenvalue weighted by Crippen LogP contribution is 2.42. The third-order valence-corrected chi connectivity index (χ3v) is 6.65. The Morgan fingerprint density at radius 1 is 1.03 bits per heavy atom. The number of aryl methyl sites for hydroxylation is 1. The summed E-state index contributed by atoms with van der Waals surface area (Å²) < 4.78 is 10.7. The van der Waals surface area contributed by atoms with Crippen molar-refractivity contribution < 1.29 is 23.9 Å². The zero-order valence-corrected chi connectivity index (χ0v) is 23.7. The lowest BCUT2D eigenvalue weighted by Crippen LogP contribution is -2.55. The molecule has 0 radical (unpaired) electrons. The van der Waals surface area contributed by atoms with Crippen LogP contribution in [0.3, 0.4) is 0 Å². The summed E-state index contributed by atoms with van der Waals surface area (Å²) in [4.78, 5) is 42.5. The SMILES string of the molecule is COc1ccc(NC(=O)C(c2ccccc2C)N(C(=O)C(NC(=O)OC(C)(C)C)C(C)C)C2CC2C)cc1. The molecule has 0 bridgehead atoms. The van der Waals surface area contributed by atoms with Gasteiger partial charge in [0.2, 0.25) is 5.91 Å².